The van der Waals surface area contributed by atoms with Crippen molar-refractivity contribution in [2.24, 2.45) is 0 Å². The van der Waals surface area contributed by atoms with Gasteiger partial charge in [-0.25, -0.2) is 4.39 Å². The maximum atomic E-state index is 13.8. The van der Waals surface area contributed by atoms with Gasteiger partial charge in [0.25, 0.3) is 5.91 Å². The van der Waals surface area contributed by atoms with Crippen molar-refractivity contribution in [2.45, 2.75) is 12.5 Å². The molecule has 0 bridgehead atoms. The third-order valence-electron chi connectivity index (χ3n) is 4.32. The Bertz CT molecular complexity index is 920. The van der Waals surface area contributed by atoms with Gasteiger partial charge in [-0.1, -0.05) is 78.3 Å². The molecule has 0 aliphatic heterocycles. The van der Waals surface area contributed by atoms with Gasteiger partial charge in [-0.05, 0) is 23.3 Å². The Morgan fingerprint density at radius 3 is 2.03 bits per heavy atom. The van der Waals surface area contributed by atoms with E-state index in [4.69, 9.17) is 16.3 Å². The number of nitrogens with one attached hydrogen (secondary N) is 1. The number of halogens is 2. The number of amides is 1. The van der Waals surface area contributed by atoms with E-state index in [0.29, 0.717) is 0 Å². The van der Waals surface area contributed by atoms with Crippen LogP contribution in [0.2, 0.25) is 5.02 Å². The Morgan fingerprint density at radius 1 is 0.897 bits per heavy atom. The number of carbonyl (C=O) groups excluding carboxylic acids is 2. The van der Waals surface area contributed by atoms with Crippen LogP contribution in [0.1, 0.15) is 22.7 Å². The summed E-state index contributed by atoms with van der Waals surface area (Å²) in [6.07, 6.45) is -0.348. The normalized spacial score (nSPS) is 10.6. The predicted octanol–water partition coefficient (Wildman–Crippen LogP) is 4.47. The maximum absolute atomic E-state index is 13.8. The first-order valence-electron chi connectivity index (χ1n) is 9.02. The van der Waals surface area contributed by atoms with E-state index in [0.717, 1.165) is 11.1 Å². The smallest absolute Gasteiger partial charge is 0.310 e. The zero-order valence-electron chi connectivity index (χ0n) is 15.5. The molecule has 0 spiro atoms. The summed E-state index contributed by atoms with van der Waals surface area (Å²) >= 11 is 5.91. The predicted molar refractivity (Wildman–Crippen MR) is 109 cm³/mol. The van der Waals surface area contributed by atoms with Gasteiger partial charge < -0.3 is 10.1 Å². The van der Waals surface area contributed by atoms with Crippen LogP contribution in [0.15, 0.2) is 78.9 Å². The lowest BCUT2D eigenvalue weighted by Crippen LogP contribution is -2.33. The summed E-state index contributed by atoms with van der Waals surface area (Å²) < 4.78 is 18.8. The topological polar surface area (TPSA) is 55.4 Å². The van der Waals surface area contributed by atoms with Gasteiger partial charge in [0.1, 0.15) is 5.82 Å². The van der Waals surface area contributed by atoms with Crippen LogP contribution in [0, 0.1) is 5.82 Å². The summed E-state index contributed by atoms with van der Waals surface area (Å²) in [5.41, 5.74) is 1.85. The molecule has 0 fully saturated rings. The summed E-state index contributed by atoms with van der Waals surface area (Å²) in [5.74, 6) is -1.79. The number of carbonyl (C=O) groups is 2. The van der Waals surface area contributed by atoms with Crippen molar-refractivity contribution in [3.8, 4) is 0 Å². The van der Waals surface area contributed by atoms with E-state index in [1.165, 1.54) is 18.2 Å². The van der Waals surface area contributed by atoms with Crippen LogP contribution < -0.4 is 5.32 Å². The van der Waals surface area contributed by atoms with E-state index < -0.39 is 24.3 Å². The molecule has 148 valence electrons. The first-order chi connectivity index (χ1) is 14.0. The van der Waals surface area contributed by atoms with E-state index in [9.17, 15) is 14.0 Å². The first kappa shape index (κ1) is 20.6. The third-order valence-corrected chi connectivity index (χ3v) is 4.67. The van der Waals surface area contributed by atoms with Gasteiger partial charge in [-0.3, -0.25) is 9.59 Å². The van der Waals surface area contributed by atoms with Gasteiger partial charge in [-0.2, -0.15) is 0 Å². The molecule has 0 aliphatic rings. The Kier molecular flexibility index (Phi) is 6.98. The number of benzene rings is 3. The molecule has 29 heavy (non-hydrogen) atoms. The Morgan fingerprint density at radius 2 is 1.48 bits per heavy atom. The highest BCUT2D eigenvalue weighted by Crippen LogP contribution is 2.22. The quantitative estimate of drug-likeness (QED) is 0.583. The highest BCUT2D eigenvalue weighted by Gasteiger charge is 2.18. The molecule has 3 aromatic rings. The third kappa shape index (κ3) is 5.65. The molecule has 0 unspecified atom stereocenters. The average molecular weight is 412 g/mol. The van der Waals surface area contributed by atoms with E-state index in [-0.39, 0.29) is 23.0 Å². The Balaban J connectivity index is 1.63. The van der Waals surface area contributed by atoms with Crippen LogP contribution in [0.4, 0.5) is 4.39 Å². The van der Waals surface area contributed by atoms with Crippen molar-refractivity contribution in [1.82, 2.24) is 5.32 Å². The molecular formula is C23H19ClFNO3. The lowest BCUT2D eigenvalue weighted by molar-refractivity contribution is -0.148. The van der Waals surface area contributed by atoms with E-state index in [2.05, 4.69) is 5.32 Å². The van der Waals surface area contributed by atoms with Gasteiger partial charge >= 0.3 is 5.97 Å². The summed E-state index contributed by atoms with van der Waals surface area (Å²) in [6.45, 7) is -0.471. The molecule has 1 N–H and O–H groups in total. The zero-order chi connectivity index (χ0) is 20.6. The standard InChI is InChI=1S/C23H19ClFNO3/c24-19-12-7-13-20(25)18(19)14-22(28)29-15-21(27)26-23(16-8-3-1-4-9-16)17-10-5-2-6-11-17/h1-13,23H,14-15H2,(H,26,27). The maximum Gasteiger partial charge on any atom is 0.310 e. The Labute approximate surface area is 173 Å². The minimum absolute atomic E-state index is 0.0472. The molecule has 4 nitrogen and oxygen atoms in total. The van der Waals surface area contributed by atoms with Crippen LogP contribution in [0.3, 0.4) is 0 Å². The van der Waals surface area contributed by atoms with Crippen LogP contribution in [0.5, 0.6) is 0 Å². The van der Waals surface area contributed by atoms with Crippen molar-refractivity contribution in [2.75, 3.05) is 6.61 Å². The summed E-state index contributed by atoms with van der Waals surface area (Å²) in [5, 5.41) is 3.01. The van der Waals surface area contributed by atoms with Gasteiger partial charge in [-0.15, -0.1) is 0 Å². The SMILES string of the molecule is O=C(COC(=O)Cc1c(F)cccc1Cl)NC(c1ccccc1)c1ccccc1. The monoisotopic (exact) mass is 411 g/mol. The molecular weight excluding hydrogens is 393 g/mol. The van der Waals surface area contributed by atoms with Crippen molar-refractivity contribution >= 4 is 23.5 Å². The molecule has 0 aromatic heterocycles. The zero-order valence-corrected chi connectivity index (χ0v) is 16.2. The number of ether oxygens (including phenoxy) is 1. The number of rotatable bonds is 7. The van der Waals surface area contributed by atoms with Crippen LogP contribution in [-0.4, -0.2) is 18.5 Å². The fourth-order valence-corrected chi connectivity index (χ4v) is 3.13. The fourth-order valence-electron chi connectivity index (χ4n) is 2.90. The van der Waals surface area contributed by atoms with E-state index in [1.54, 1.807) is 0 Å². The van der Waals surface area contributed by atoms with E-state index in [1.807, 2.05) is 60.7 Å². The van der Waals surface area contributed by atoms with Crippen molar-refractivity contribution in [3.05, 3.63) is 106 Å². The molecule has 1 amide bonds. The number of hydrogen-bond acceptors (Lipinski definition) is 3. The fraction of sp³-hybridized carbons (Fsp3) is 0.130. The summed E-state index contributed by atoms with van der Waals surface area (Å²) in [6, 6.07) is 22.7. The Hall–Kier alpha value is -3.18. The molecule has 3 aromatic carbocycles. The second kappa shape index (κ2) is 9.85. The summed E-state index contributed by atoms with van der Waals surface area (Å²) in [7, 11) is 0. The second-order valence-corrected chi connectivity index (χ2v) is 6.77. The molecule has 3 rings (SSSR count). The minimum atomic E-state index is -0.733. The number of esters is 1. The van der Waals surface area contributed by atoms with Crippen molar-refractivity contribution < 1.29 is 18.7 Å². The van der Waals surface area contributed by atoms with Gasteiger partial charge in [0.2, 0.25) is 0 Å². The van der Waals surface area contributed by atoms with Crippen molar-refractivity contribution in [1.29, 1.82) is 0 Å². The van der Waals surface area contributed by atoms with E-state index >= 15 is 0 Å². The average Bonchev–Trinajstić information content (AvgIpc) is 2.74. The second-order valence-electron chi connectivity index (χ2n) is 6.36. The van der Waals surface area contributed by atoms with Gasteiger partial charge in [0, 0.05) is 10.6 Å². The molecule has 0 atom stereocenters. The lowest BCUT2D eigenvalue weighted by Gasteiger charge is -2.20. The van der Waals surface area contributed by atoms with Crippen LogP contribution in [0.25, 0.3) is 0 Å². The van der Waals surface area contributed by atoms with Crippen molar-refractivity contribution in [3.63, 3.8) is 0 Å². The molecule has 0 aliphatic carbocycles. The van der Waals surface area contributed by atoms with Gasteiger partial charge in [0.15, 0.2) is 6.61 Å². The highest BCUT2D eigenvalue weighted by atomic mass is 35.5. The van der Waals surface area contributed by atoms with Gasteiger partial charge in [0.05, 0.1) is 12.5 Å². The van der Waals surface area contributed by atoms with Crippen LogP contribution >= 0.6 is 11.6 Å². The first-order valence-corrected chi connectivity index (χ1v) is 9.40. The largest absolute Gasteiger partial charge is 0.455 e. The highest BCUT2D eigenvalue weighted by molar-refractivity contribution is 6.31. The number of hydrogen-bond donors (Lipinski definition) is 1. The minimum Gasteiger partial charge on any atom is -0.455 e. The molecule has 0 heterocycles. The molecule has 0 saturated heterocycles. The molecule has 6 heteroatoms. The van der Waals surface area contributed by atoms with Crippen LogP contribution in [-0.2, 0) is 20.7 Å². The lowest BCUT2D eigenvalue weighted by atomic mass is 9.99. The molecule has 0 saturated carbocycles. The molecule has 0 radical (unpaired) electrons. The summed E-state index contributed by atoms with van der Waals surface area (Å²) in [4.78, 5) is 24.4.